The number of sulfonamides is 1. The van der Waals surface area contributed by atoms with Gasteiger partial charge in [0.15, 0.2) is 0 Å². The molecule has 1 amide bonds. The molecule has 4 rings (SSSR count). The Morgan fingerprint density at radius 3 is 2.46 bits per heavy atom. The number of fused-ring (bicyclic) bond motifs is 2. The first-order chi connectivity index (χ1) is 17.4. The van der Waals surface area contributed by atoms with Crippen LogP contribution in [0.2, 0.25) is 5.02 Å². The zero-order valence-corrected chi connectivity index (χ0v) is 23.7. The number of carbonyl (C=O) groups excluding carboxylic acids is 1. The molecule has 0 atom stereocenters. The summed E-state index contributed by atoms with van der Waals surface area (Å²) in [5.74, 6) is 1.02. The minimum absolute atomic E-state index is 0.114. The van der Waals surface area contributed by atoms with Crippen molar-refractivity contribution >= 4 is 44.3 Å². The van der Waals surface area contributed by atoms with Crippen molar-refractivity contribution in [2.75, 3.05) is 36.7 Å². The number of aromatic nitrogens is 2. The van der Waals surface area contributed by atoms with Crippen LogP contribution in [0.1, 0.15) is 61.8 Å². The summed E-state index contributed by atoms with van der Waals surface area (Å²) in [7, 11) is -3.55. The Bertz CT molecular complexity index is 1390. The third-order valence-corrected chi connectivity index (χ3v) is 8.27. The van der Waals surface area contributed by atoms with Crippen molar-refractivity contribution in [3.05, 3.63) is 58.4 Å². The lowest BCUT2D eigenvalue weighted by Crippen LogP contribution is -2.41. The van der Waals surface area contributed by atoms with Crippen molar-refractivity contribution in [2.24, 2.45) is 0 Å². The highest BCUT2D eigenvalue weighted by molar-refractivity contribution is 7.92. The summed E-state index contributed by atoms with van der Waals surface area (Å²) in [6, 6.07) is 11.0. The maximum Gasteiger partial charge on any atom is 0.254 e. The number of rotatable bonds is 4. The third kappa shape index (κ3) is 6.27. The second-order valence-electron chi connectivity index (χ2n) is 10.3. The molecule has 0 aliphatic carbocycles. The number of hydrogen-bond acceptors (Lipinski definition) is 5. The molecule has 200 valence electrons. The SMILES string of the molecule is CC(C)c1nc2ccc(C(=O)N3CCN(C(C)C)CCCN(S(C)(=O)=O)c4cc(Cl)ccc4C3)cc2[nH]1. The van der Waals surface area contributed by atoms with E-state index in [4.69, 9.17) is 11.6 Å². The van der Waals surface area contributed by atoms with Crippen molar-refractivity contribution in [3.63, 3.8) is 0 Å². The first-order valence-electron chi connectivity index (χ1n) is 12.7. The molecule has 0 bridgehead atoms. The van der Waals surface area contributed by atoms with Gasteiger partial charge >= 0.3 is 0 Å². The van der Waals surface area contributed by atoms with E-state index in [1.165, 1.54) is 10.6 Å². The normalized spacial score (nSPS) is 16.3. The predicted molar refractivity (Wildman–Crippen MR) is 150 cm³/mol. The molecule has 2 aromatic carbocycles. The summed E-state index contributed by atoms with van der Waals surface area (Å²) in [6.45, 7) is 10.9. The quantitative estimate of drug-likeness (QED) is 0.505. The van der Waals surface area contributed by atoms with Gasteiger partial charge in [0, 0.05) is 55.3 Å². The maximum absolute atomic E-state index is 13.9. The van der Waals surface area contributed by atoms with E-state index in [-0.39, 0.29) is 24.4 Å². The van der Waals surface area contributed by atoms with E-state index >= 15 is 0 Å². The van der Waals surface area contributed by atoms with Crippen LogP contribution in [-0.2, 0) is 16.6 Å². The fourth-order valence-corrected chi connectivity index (χ4v) is 5.89. The number of anilines is 1. The van der Waals surface area contributed by atoms with Crippen LogP contribution in [-0.4, -0.2) is 72.6 Å². The van der Waals surface area contributed by atoms with Crippen molar-refractivity contribution in [1.29, 1.82) is 0 Å². The zero-order chi connectivity index (χ0) is 26.9. The number of halogens is 1. The molecule has 1 aromatic heterocycles. The summed E-state index contributed by atoms with van der Waals surface area (Å²) < 4.78 is 27.1. The van der Waals surface area contributed by atoms with Crippen molar-refractivity contribution in [3.8, 4) is 0 Å². The number of benzene rings is 2. The average Bonchev–Trinajstić information content (AvgIpc) is 3.24. The van der Waals surface area contributed by atoms with Crippen LogP contribution >= 0.6 is 11.6 Å². The number of amides is 1. The summed E-state index contributed by atoms with van der Waals surface area (Å²) in [4.78, 5) is 25.9. The number of imidazole rings is 1. The molecular weight excluding hydrogens is 510 g/mol. The highest BCUT2D eigenvalue weighted by Crippen LogP contribution is 2.30. The number of H-pyrrole nitrogens is 1. The van der Waals surface area contributed by atoms with Gasteiger partial charge in [-0.05, 0) is 56.2 Å². The third-order valence-electron chi connectivity index (χ3n) is 6.85. The van der Waals surface area contributed by atoms with Crippen LogP contribution in [0, 0.1) is 0 Å². The highest BCUT2D eigenvalue weighted by Gasteiger charge is 2.26. The summed E-state index contributed by atoms with van der Waals surface area (Å²) in [5, 5.41) is 0.453. The second-order valence-corrected chi connectivity index (χ2v) is 12.7. The van der Waals surface area contributed by atoms with Crippen LogP contribution in [0.25, 0.3) is 11.0 Å². The van der Waals surface area contributed by atoms with Gasteiger partial charge in [0.25, 0.3) is 5.91 Å². The topological polar surface area (TPSA) is 89.6 Å². The number of nitrogens with one attached hydrogen (secondary N) is 1. The molecule has 0 spiro atoms. The monoisotopic (exact) mass is 545 g/mol. The first-order valence-corrected chi connectivity index (χ1v) is 15.0. The van der Waals surface area contributed by atoms with Crippen molar-refractivity contribution in [1.82, 2.24) is 19.8 Å². The Labute approximate surface area is 224 Å². The van der Waals surface area contributed by atoms with Crippen molar-refractivity contribution in [2.45, 2.75) is 52.6 Å². The minimum atomic E-state index is -3.55. The Kier molecular flexibility index (Phi) is 8.16. The molecule has 0 saturated heterocycles. The number of carbonyl (C=O) groups is 1. The maximum atomic E-state index is 13.9. The van der Waals surface area contributed by atoms with Crippen molar-refractivity contribution < 1.29 is 13.2 Å². The molecular formula is C27H36ClN5O3S. The van der Waals surface area contributed by atoms with Gasteiger partial charge in [-0.3, -0.25) is 14.0 Å². The number of nitrogens with zero attached hydrogens (tertiary/aromatic N) is 4. The second kappa shape index (κ2) is 11.0. The van der Waals surface area contributed by atoms with Crippen LogP contribution < -0.4 is 4.31 Å². The predicted octanol–water partition coefficient (Wildman–Crippen LogP) is 4.86. The van der Waals surface area contributed by atoms with Gasteiger partial charge in [-0.15, -0.1) is 0 Å². The van der Waals surface area contributed by atoms with Crippen LogP contribution in [0.5, 0.6) is 0 Å². The van der Waals surface area contributed by atoms with E-state index < -0.39 is 10.0 Å². The van der Waals surface area contributed by atoms with Gasteiger partial charge in [0.2, 0.25) is 10.0 Å². The van der Waals surface area contributed by atoms with Gasteiger partial charge in [-0.25, -0.2) is 13.4 Å². The summed E-state index contributed by atoms with van der Waals surface area (Å²) >= 11 is 6.31. The lowest BCUT2D eigenvalue weighted by atomic mass is 10.1. The fourth-order valence-electron chi connectivity index (χ4n) is 4.74. The smallest absolute Gasteiger partial charge is 0.254 e. The lowest BCUT2D eigenvalue weighted by Gasteiger charge is -2.30. The fraction of sp³-hybridized carbons (Fsp3) is 0.481. The van der Waals surface area contributed by atoms with Crippen LogP contribution in [0.3, 0.4) is 0 Å². The lowest BCUT2D eigenvalue weighted by molar-refractivity contribution is 0.0712. The van der Waals surface area contributed by atoms with E-state index in [1.54, 1.807) is 17.0 Å². The van der Waals surface area contributed by atoms with Crippen LogP contribution in [0.15, 0.2) is 36.4 Å². The molecule has 1 aliphatic heterocycles. The van der Waals surface area contributed by atoms with E-state index in [2.05, 4.69) is 42.6 Å². The van der Waals surface area contributed by atoms with E-state index in [9.17, 15) is 13.2 Å². The molecule has 0 saturated carbocycles. The molecule has 10 heteroatoms. The Morgan fingerprint density at radius 1 is 1.03 bits per heavy atom. The number of hydrogen-bond donors (Lipinski definition) is 1. The molecule has 0 radical (unpaired) electrons. The van der Waals surface area contributed by atoms with Crippen LogP contribution in [0.4, 0.5) is 5.69 Å². The van der Waals surface area contributed by atoms with Gasteiger partial charge in [0.1, 0.15) is 5.82 Å². The molecule has 37 heavy (non-hydrogen) atoms. The Hall–Kier alpha value is -2.62. The molecule has 0 unspecified atom stereocenters. The first kappa shape index (κ1) is 27.4. The highest BCUT2D eigenvalue weighted by atomic mass is 35.5. The van der Waals surface area contributed by atoms with Gasteiger partial charge in [-0.2, -0.15) is 0 Å². The Morgan fingerprint density at radius 2 is 1.78 bits per heavy atom. The van der Waals surface area contributed by atoms with E-state index in [0.29, 0.717) is 42.3 Å². The van der Waals surface area contributed by atoms with Gasteiger partial charge in [-0.1, -0.05) is 31.5 Å². The largest absolute Gasteiger partial charge is 0.342 e. The number of aromatic amines is 1. The summed E-state index contributed by atoms with van der Waals surface area (Å²) in [6.07, 6.45) is 1.88. The minimum Gasteiger partial charge on any atom is -0.342 e. The summed E-state index contributed by atoms with van der Waals surface area (Å²) in [5.41, 5.74) is 3.48. The molecule has 3 aromatic rings. The molecule has 1 aliphatic rings. The average molecular weight is 546 g/mol. The Balaban J connectivity index is 1.75. The molecule has 1 N–H and O–H groups in total. The van der Waals surface area contributed by atoms with E-state index in [1.807, 2.05) is 24.3 Å². The molecule has 0 fully saturated rings. The van der Waals surface area contributed by atoms with E-state index in [0.717, 1.165) is 29.0 Å². The van der Waals surface area contributed by atoms with Gasteiger partial charge in [0.05, 0.1) is 23.0 Å². The molecule has 2 heterocycles. The molecule has 8 nitrogen and oxygen atoms in total. The zero-order valence-electron chi connectivity index (χ0n) is 22.2. The standard InChI is InChI=1S/C27H36ClN5O3S/c1-18(2)26-29-23-10-8-20(15-24(23)30-26)27(34)32-14-13-31(19(3)4)11-6-12-33(37(5,35)36)25-16-22(28)9-7-21(25)17-32/h7-10,15-16,18-19H,6,11-14,17H2,1-5H3,(H,29,30). The van der Waals surface area contributed by atoms with Gasteiger partial charge < -0.3 is 9.88 Å².